The molecule has 3 unspecified atom stereocenters. The van der Waals surface area contributed by atoms with Crippen molar-refractivity contribution in [2.45, 2.75) is 31.8 Å². The molecule has 1 aliphatic heterocycles. The van der Waals surface area contributed by atoms with Gasteiger partial charge in [-0.15, -0.1) is 12.5 Å². The number of aromatic nitrogens is 3. The summed E-state index contributed by atoms with van der Waals surface area (Å²) in [6.45, 7) is 4.51. The second-order valence-corrected chi connectivity index (χ2v) is 12.3. The molecule has 6 N–H and O–H groups in total. The number of fused-ring (bicyclic) bond motifs is 1. The molecule has 0 spiro atoms. The summed E-state index contributed by atoms with van der Waals surface area (Å²) < 4.78 is 65.2. The molecule has 3 rings (SSSR count). The van der Waals surface area contributed by atoms with Crippen LogP contribution in [-0.2, 0) is 40.8 Å². The summed E-state index contributed by atoms with van der Waals surface area (Å²) in [4.78, 5) is 47.6. The first-order chi connectivity index (χ1) is 17.7. The molecular formula is C18H25N4O13P3. The number of hydrogen-bond donors (Lipinski definition) is 5. The van der Waals surface area contributed by atoms with Crippen molar-refractivity contribution in [3.63, 3.8) is 0 Å². The lowest BCUT2D eigenvalue weighted by molar-refractivity contribution is -0.0550. The first-order valence-electron chi connectivity index (χ1n) is 10.5. The number of ether oxygens (including phenoxy) is 2. The Labute approximate surface area is 215 Å². The Morgan fingerprint density at radius 2 is 1.97 bits per heavy atom. The predicted molar refractivity (Wildman–Crippen MR) is 130 cm³/mol. The van der Waals surface area contributed by atoms with E-state index in [-0.39, 0.29) is 30.0 Å². The molecular weight excluding hydrogens is 573 g/mol. The number of aromatic amines is 1. The Morgan fingerprint density at radius 3 is 2.61 bits per heavy atom. The van der Waals surface area contributed by atoms with Gasteiger partial charge in [-0.05, 0) is 6.92 Å². The van der Waals surface area contributed by atoms with Crippen LogP contribution in [0.25, 0.3) is 11.0 Å². The van der Waals surface area contributed by atoms with E-state index in [1.165, 1.54) is 16.8 Å². The van der Waals surface area contributed by atoms with E-state index in [0.717, 1.165) is 0 Å². The number of H-pyrrole nitrogens is 1. The lowest BCUT2D eigenvalue weighted by Gasteiger charge is -2.21. The quantitative estimate of drug-likeness (QED) is 0.132. The maximum atomic E-state index is 12.5. The minimum Gasteiger partial charge on any atom is -0.371 e. The molecule has 6 atom stereocenters. The van der Waals surface area contributed by atoms with Gasteiger partial charge in [-0.1, -0.05) is 12.0 Å². The van der Waals surface area contributed by atoms with Gasteiger partial charge in [0.1, 0.15) is 12.3 Å². The van der Waals surface area contributed by atoms with Gasteiger partial charge in [0.2, 0.25) is 5.95 Å². The minimum absolute atomic E-state index is 0.0663. The van der Waals surface area contributed by atoms with Crippen LogP contribution in [0.3, 0.4) is 0 Å². The van der Waals surface area contributed by atoms with E-state index in [1.807, 2.05) is 0 Å². The molecule has 1 fully saturated rings. The number of anilines is 1. The molecule has 0 radical (unpaired) electrons. The third kappa shape index (κ3) is 7.49. The summed E-state index contributed by atoms with van der Waals surface area (Å²) in [5.41, 5.74) is 5.71. The number of nitrogens with two attached hydrogens (primary N) is 1. The molecule has 1 saturated heterocycles. The van der Waals surface area contributed by atoms with Gasteiger partial charge in [-0.2, -0.15) is 13.6 Å². The molecule has 1 aliphatic rings. The molecule has 38 heavy (non-hydrogen) atoms. The van der Waals surface area contributed by atoms with E-state index >= 15 is 0 Å². The third-order valence-corrected chi connectivity index (χ3v) is 9.16. The second kappa shape index (κ2) is 11.9. The van der Waals surface area contributed by atoms with Crippen LogP contribution in [0.15, 0.2) is 23.6 Å². The van der Waals surface area contributed by atoms with Gasteiger partial charge in [0.25, 0.3) is 5.56 Å². The zero-order valence-corrected chi connectivity index (χ0v) is 22.6. The van der Waals surface area contributed by atoms with Crippen LogP contribution in [0.1, 0.15) is 25.1 Å². The van der Waals surface area contributed by atoms with Gasteiger partial charge in [0, 0.05) is 19.7 Å². The fourth-order valence-corrected chi connectivity index (χ4v) is 6.77. The Bertz CT molecular complexity index is 1460. The fraction of sp³-hybridized carbons (Fsp3) is 0.444. The number of nitrogen functional groups attached to an aromatic ring is 1. The van der Waals surface area contributed by atoms with E-state index in [2.05, 4.69) is 41.5 Å². The van der Waals surface area contributed by atoms with Crippen LogP contribution in [0, 0.1) is 11.8 Å². The lowest BCUT2D eigenvalue weighted by atomic mass is 10.2. The second-order valence-electron chi connectivity index (χ2n) is 7.55. The highest BCUT2D eigenvalue weighted by Gasteiger charge is 2.44. The standard InChI is InChI=1S/C18H25N4O13P3/c1-4-6-11-9-22(16-15(11)17(23)21-18(19)20-16)14-8-12(31-7-5-2)13(33-14)10-32-37(26,27)35-38(28,29)34-36(24,25)30-3/h5,9,12-14H,2,7-8,10H2,1,3H3,(H,24,25)(H,26,27)(H,28,29)(H3,19,20,21,23)/t12-,13-,14-/m1/s1. The molecule has 2 aromatic heterocycles. The van der Waals surface area contributed by atoms with Crippen molar-refractivity contribution in [3.05, 3.63) is 34.8 Å². The van der Waals surface area contributed by atoms with Crippen LogP contribution in [-0.4, -0.2) is 61.7 Å². The molecule has 3 heterocycles. The number of nitrogens with zero attached hydrogens (tertiary/aromatic N) is 2. The summed E-state index contributed by atoms with van der Waals surface area (Å²) >= 11 is 0. The summed E-state index contributed by atoms with van der Waals surface area (Å²) in [7, 11) is -15.3. The third-order valence-electron chi connectivity index (χ3n) is 4.92. The summed E-state index contributed by atoms with van der Waals surface area (Å²) in [6.07, 6.45) is 0.468. The van der Waals surface area contributed by atoms with Crippen molar-refractivity contribution >= 4 is 40.4 Å². The van der Waals surface area contributed by atoms with E-state index in [0.29, 0.717) is 12.7 Å². The van der Waals surface area contributed by atoms with E-state index in [4.69, 9.17) is 24.6 Å². The maximum Gasteiger partial charge on any atom is 0.490 e. The van der Waals surface area contributed by atoms with Gasteiger partial charge in [-0.3, -0.25) is 18.8 Å². The number of phosphoric acid groups is 3. The summed E-state index contributed by atoms with van der Waals surface area (Å²) in [6, 6.07) is 0. The average molecular weight is 598 g/mol. The van der Waals surface area contributed by atoms with Crippen molar-refractivity contribution in [1.29, 1.82) is 0 Å². The Kier molecular flexibility index (Phi) is 9.54. The first kappa shape index (κ1) is 30.4. The topological polar surface area (TPSA) is 244 Å². The lowest BCUT2D eigenvalue weighted by Crippen LogP contribution is -2.29. The summed E-state index contributed by atoms with van der Waals surface area (Å²) in [5, 5.41) is 0.171. The Morgan fingerprint density at radius 1 is 1.29 bits per heavy atom. The fourth-order valence-electron chi connectivity index (χ4n) is 3.51. The normalized spacial score (nSPS) is 24.2. The van der Waals surface area contributed by atoms with Gasteiger partial charge < -0.3 is 34.5 Å². The van der Waals surface area contributed by atoms with E-state index < -0.39 is 54.1 Å². The molecule has 0 aromatic carbocycles. The van der Waals surface area contributed by atoms with Crippen LogP contribution in [0.2, 0.25) is 0 Å². The van der Waals surface area contributed by atoms with Gasteiger partial charge in [-0.25, -0.2) is 13.7 Å². The molecule has 0 saturated carbocycles. The van der Waals surface area contributed by atoms with E-state index in [1.54, 1.807) is 6.92 Å². The molecule has 210 valence electrons. The highest BCUT2D eigenvalue weighted by Crippen LogP contribution is 2.67. The number of phosphoric ester groups is 2. The zero-order chi connectivity index (χ0) is 28.3. The number of rotatable bonds is 12. The molecule has 20 heteroatoms. The van der Waals surface area contributed by atoms with Gasteiger partial charge in [0.15, 0.2) is 5.65 Å². The van der Waals surface area contributed by atoms with Crippen molar-refractivity contribution < 1.29 is 55.5 Å². The first-order valence-corrected chi connectivity index (χ1v) is 15.0. The Balaban J connectivity index is 1.83. The molecule has 0 aliphatic carbocycles. The van der Waals surface area contributed by atoms with Gasteiger partial charge in [0.05, 0.1) is 30.3 Å². The molecule has 0 bridgehead atoms. The van der Waals surface area contributed by atoms with Crippen molar-refractivity contribution in [1.82, 2.24) is 14.5 Å². The van der Waals surface area contributed by atoms with Gasteiger partial charge >= 0.3 is 23.5 Å². The zero-order valence-electron chi connectivity index (χ0n) is 20.0. The smallest absolute Gasteiger partial charge is 0.371 e. The van der Waals surface area contributed by atoms with Crippen molar-refractivity contribution in [3.8, 4) is 11.8 Å². The van der Waals surface area contributed by atoms with E-state index in [9.17, 15) is 28.3 Å². The summed E-state index contributed by atoms with van der Waals surface area (Å²) in [5.74, 6) is 5.36. The average Bonchev–Trinajstić information content (AvgIpc) is 3.36. The van der Waals surface area contributed by atoms with Crippen LogP contribution in [0.4, 0.5) is 5.95 Å². The van der Waals surface area contributed by atoms with Crippen molar-refractivity contribution in [2.75, 3.05) is 26.1 Å². The van der Waals surface area contributed by atoms with Crippen LogP contribution >= 0.6 is 23.5 Å². The molecule has 2 aromatic rings. The monoisotopic (exact) mass is 598 g/mol. The highest BCUT2D eigenvalue weighted by atomic mass is 31.3. The van der Waals surface area contributed by atoms with Crippen LogP contribution < -0.4 is 11.3 Å². The molecule has 0 amide bonds. The highest BCUT2D eigenvalue weighted by molar-refractivity contribution is 7.66. The Hall–Kier alpha value is -2.15. The molecule has 17 nitrogen and oxygen atoms in total. The number of nitrogens with one attached hydrogen (secondary N) is 1. The maximum absolute atomic E-state index is 12.5. The minimum atomic E-state index is -5.58. The SMILES string of the molecule is C=CCO[C@@H]1C[C@H](n2cc(C#CC)c3c(=O)[nH]c(N)nc32)O[C@@H]1COP(=O)(O)OP(=O)(O)OP(=O)(O)OC. The largest absolute Gasteiger partial charge is 0.490 e. The predicted octanol–water partition coefficient (Wildman–Crippen LogP) is 1.53. The van der Waals surface area contributed by atoms with Crippen molar-refractivity contribution in [2.24, 2.45) is 0 Å². The van der Waals surface area contributed by atoms with Crippen LogP contribution in [0.5, 0.6) is 0 Å². The number of hydrogen-bond acceptors (Lipinski definition) is 12.